The summed E-state index contributed by atoms with van der Waals surface area (Å²) in [5.41, 5.74) is 3.53. The summed E-state index contributed by atoms with van der Waals surface area (Å²) in [5.74, 6) is 0.183. The molecule has 5 rings (SSSR count). The average Bonchev–Trinajstić information content (AvgIpc) is 3.23. The van der Waals surface area contributed by atoms with Gasteiger partial charge in [-0.1, -0.05) is 47.2 Å². The van der Waals surface area contributed by atoms with Crippen molar-refractivity contribution in [1.29, 1.82) is 0 Å². The molecule has 0 radical (unpaired) electrons. The third kappa shape index (κ3) is 3.78. The lowest BCUT2D eigenvalue weighted by Gasteiger charge is -2.23. The Balaban J connectivity index is 1.46. The number of hydrogen-bond donors (Lipinski definition) is 0. The minimum absolute atomic E-state index is 0.318. The van der Waals surface area contributed by atoms with Crippen LogP contribution in [0.25, 0.3) is 27.3 Å². The molecule has 0 aliphatic carbocycles. The van der Waals surface area contributed by atoms with E-state index in [0.29, 0.717) is 28.5 Å². The summed E-state index contributed by atoms with van der Waals surface area (Å²) in [6.07, 6.45) is 7.38. The number of ether oxygens (including phenoxy) is 1. The molecule has 154 valence electrons. The van der Waals surface area contributed by atoms with Crippen molar-refractivity contribution in [3.63, 3.8) is 0 Å². The standard InChI is InChI=1S/C23H16ClFN4OS/c1-30-19-6-2-5-17(25)20(19)15-4-3-11-29(13-15)23-28-21-22(31-23)27-18(12-26-21)14-7-9-16(24)10-8-14/h2-12H,13H2,1H3. The summed E-state index contributed by atoms with van der Waals surface area (Å²) in [6, 6.07) is 12.3. The van der Waals surface area contributed by atoms with E-state index in [4.69, 9.17) is 21.3 Å². The number of allylic oxidation sites excluding steroid dienone is 2. The molecular formula is C23H16ClFN4OS. The topological polar surface area (TPSA) is 51.1 Å². The summed E-state index contributed by atoms with van der Waals surface area (Å²) in [7, 11) is 1.54. The molecule has 4 aromatic rings. The zero-order chi connectivity index (χ0) is 21.4. The second kappa shape index (κ2) is 8.09. The SMILES string of the molecule is COc1cccc(F)c1C1=CC=CN(c2nc3ncc(-c4ccc(Cl)cc4)nc3s2)C1. The number of benzene rings is 2. The summed E-state index contributed by atoms with van der Waals surface area (Å²) in [5, 5.41) is 1.41. The molecule has 0 N–H and O–H groups in total. The maximum absolute atomic E-state index is 14.5. The van der Waals surface area contributed by atoms with Crippen LogP contribution in [0.4, 0.5) is 9.52 Å². The number of nitrogens with zero attached hydrogens (tertiary/aromatic N) is 4. The molecule has 31 heavy (non-hydrogen) atoms. The third-order valence-corrected chi connectivity index (χ3v) is 6.15. The predicted molar refractivity (Wildman–Crippen MR) is 123 cm³/mol. The van der Waals surface area contributed by atoms with Crippen LogP contribution in [0.5, 0.6) is 5.75 Å². The van der Waals surface area contributed by atoms with E-state index in [1.807, 2.05) is 47.5 Å². The van der Waals surface area contributed by atoms with Crippen LogP contribution in [0, 0.1) is 5.82 Å². The lowest BCUT2D eigenvalue weighted by atomic mass is 10.0. The van der Waals surface area contributed by atoms with Gasteiger partial charge in [-0.05, 0) is 35.9 Å². The van der Waals surface area contributed by atoms with Crippen LogP contribution in [0.2, 0.25) is 5.02 Å². The van der Waals surface area contributed by atoms with Gasteiger partial charge in [0.15, 0.2) is 15.6 Å². The summed E-state index contributed by atoms with van der Waals surface area (Å²) >= 11 is 7.42. The number of methoxy groups -OCH3 is 1. The van der Waals surface area contributed by atoms with Gasteiger partial charge in [0.2, 0.25) is 0 Å². The highest BCUT2D eigenvalue weighted by atomic mass is 35.5. The van der Waals surface area contributed by atoms with E-state index < -0.39 is 0 Å². The van der Waals surface area contributed by atoms with Crippen LogP contribution in [-0.4, -0.2) is 28.6 Å². The number of halogens is 2. The van der Waals surface area contributed by atoms with E-state index in [2.05, 4.69) is 9.97 Å². The number of thiazole rings is 1. The molecule has 2 aromatic carbocycles. The van der Waals surface area contributed by atoms with Gasteiger partial charge in [0.05, 0.1) is 31.1 Å². The van der Waals surface area contributed by atoms with Crippen LogP contribution in [0.1, 0.15) is 5.56 Å². The van der Waals surface area contributed by atoms with Crippen molar-refractivity contribution in [1.82, 2.24) is 15.0 Å². The zero-order valence-electron chi connectivity index (χ0n) is 16.4. The Hall–Kier alpha value is -3.29. The van der Waals surface area contributed by atoms with Crippen LogP contribution in [0.15, 0.2) is 67.0 Å². The minimum Gasteiger partial charge on any atom is -0.496 e. The predicted octanol–water partition coefficient (Wildman–Crippen LogP) is 5.97. The average molecular weight is 451 g/mol. The van der Waals surface area contributed by atoms with Gasteiger partial charge in [-0.3, -0.25) is 0 Å². The van der Waals surface area contributed by atoms with Gasteiger partial charge in [-0.15, -0.1) is 0 Å². The Bertz CT molecular complexity index is 1330. The summed E-state index contributed by atoms with van der Waals surface area (Å²) < 4.78 is 19.9. The number of anilines is 1. The highest BCUT2D eigenvalue weighted by Crippen LogP contribution is 2.35. The molecule has 0 atom stereocenters. The number of aromatic nitrogens is 3. The Labute approximate surface area is 187 Å². The smallest absolute Gasteiger partial charge is 0.193 e. The molecule has 2 aromatic heterocycles. The second-order valence-corrected chi connectivity index (χ2v) is 8.26. The second-order valence-electron chi connectivity index (χ2n) is 6.87. The molecule has 0 spiro atoms. The van der Waals surface area contributed by atoms with Gasteiger partial charge >= 0.3 is 0 Å². The van der Waals surface area contributed by atoms with Crippen molar-refractivity contribution in [3.8, 4) is 17.0 Å². The molecule has 0 bridgehead atoms. The Morgan fingerprint density at radius 3 is 2.77 bits per heavy atom. The largest absolute Gasteiger partial charge is 0.496 e. The van der Waals surface area contributed by atoms with Gasteiger partial charge in [0.25, 0.3) is 0 Å². The first-order chi connectivity index (χ1) is 15.1. The van der Waals surface area contributed by atoms with Gasteiger partial charge in [-0.25, -0.2) is 14.4 Å². The summed E-state index contributed by atoms with van der Waals surface area (Å²) in [4.78, 5) is 16.5. The van der Waals surface area contributed by atoms with Crippen molar-refractivity contribution in [2.45, 2.75) is 0 Å². The molecule has 8 heteroatoms. The fourth-order valence-electron chi connectivity index (χ4n) is 3.43. The van der Waals surface area contributed by atoms with Crippen molar-refractivity contribution < 1.29 is 9.13 Å². The van der Waals surface area contributed by atoms with Crippen molar-refractivity contribution >= 4 is 44.1 Å². The molecule has 0 unspecified atom stereocenters. The first kappa shape index (κ1) is 19.7. The van der Waals surface area contributed by atoms with E-state index in [9.17, 15) is 4.39 Å². The molecule has 0 saturated carbocycles. The van der Waals surface area contributed by atoms with E-state index >= 15 is 0 Å². The quantitative estimate of drug-likeness (QED) is 0.383. The van der Waals surface area contributed by atoms with Gasteiger partial charge in [0.1, 0.15) is 11.6 Å². The monoisotopic (exact) mass is 450 g/mol. The van der Waals surface area contributed by atoms with Crippen molar-refractivity contribution in [3.05, 3.63) is 83.4 Å². The zero-order valence-corrected chi connectivity index (χ0v) is 18.0. The molecule has 1 aliphatic rings. The van der Waals surface area contributed by atoms with Crippen LogP contribution in [-0.2, 0) is 0 Å². The van der Waals surface area contributed by atoms with Crippen LogP contribution < -0.4 is 9.64 Å². The van der Waals surface area contributed by atoms with Gasteiger partial charge in [0, 0.05) is 16.8 Å². The summed E-state index contributed by atoms with van der Waals surface area (Å²) in [6.45, 7) is 0.456. The fourth-order valence-corrected chi connectivity index (χ4v) is 4.43. The number of hydrogen-bond acceptors (Lipinski definition) is 6. The normalized spacial score (nSPS) is 13.5. The van der Waals surface area contributed by atoms with E-state index in [-0.39, 0.29) is 5.82 Å². The van der Waals surface area contributed by atoms with Crippen molar-refractivity contribution in [2.75, 3.05) is 18.6 Å². The third-order valence-electron chi connectivity index (χ3n) is 4.92. The molecular weight excluding hydrogens is 435 g/mol. The Kier molecular flexibility index (Phi) is 5.13. The maximum atomic E-state index is 14.5. The molecule has 3 heterocycles. The molecule has 1 aliphatic heterocycles. The van der Waals surface area contributed by atoms with Gasteiger partial charge < -0.3 is 9.64 Å². The Morgan fingerprint density at radius 1 is 1.13 bits per heavy atom. The Morgan fingerprint density at radius 2 is 1.97 bits per heavy atom. The molecule has 0 saturated heterocycles. The fraction of sp³-hybridized carbons (Fsp3) is 0.0870. The molecule has 0 fully saturated rings. The highest BCUT2D eigenvalue weighted by Gasteiger charge is 2.21. The maximum Gasteiger partial charge on any atom is 0.193 e. The van der Waals surface area contributed by atoms with Crippen LogP contribution >= 0.6 is 22.9 Å². The first-order valence-corrected chi connectivity index (χ1v) is 10.7. The van der Waals surface area contributed by atoms with Crippen molar-refractivity contribution in [2.24, 2.45) is 0 Å². The minimum atomic E-state index is -0.318. The molecule has 5 nitrogen and oxygen atoms in total. The number of rotatable bonds is 4. The lowest BCUT2D eigenvalue weighted by molar-refractivity contribution is 0.409. The van der Waals surface area contributed by atoms with E-state index in [1.165, 1.54) is 17.4 Å². The molecule has 0 amide bonds. The van der Waals surface area contributed by atoms with E-state index in [0.717, 1.165) is 26.8 Å². The van der Waals surface area contributed by atoms with Gasteiger partial charge in [-0.2, -0.15) is 4.98 Å². The number of fused-ring (bicyclic) bond motifs is 1. The van der Waals surface area contributed by atoms with E-state index in [1.54, 1.807) is 25.4 Å². The highest BCUT2D eigenvalue weighted by molar-refractivity contribution is 7.21. The lowest BCUT2D eigenvalue weighted by Crippen LogP contribution is -2.21. The van der Waals surface area contributed by atoms with Crippen LogP contribution in [0.3, 0.4) is 0 Å². The first-order valence-electron chi connectivity index (χ1n) is 9.49.